The van der Waals surface area contributed by atoms with Crippen molar-refractivity contribution in [3.8, 4) is 0 Å². The maximum Gasteiger partial charge on any atom is 0.267 e. The third kappa shape index (κ3) is 2.52. The van der Waals surface area contributed by atoms with E-state index in [9.17, 15) is 8.42 Å². The molecule has 0 bridgehead atoms. The van der Waals surface area contributed by atoms with E-state index < -0.39 is 10.0 Å². The van der Waals surface area contributed by atoms with Crippen LogP contribution in [-0.2, 0) is 16.4 Å². The van der Waals surface area contributed by atoms with Crippen LogP contribution < -0.4 is 0 Å². The molecule has 0 amide bonds. The van der Waals surface area contributed by atoms with Crippen LogP contribution in [0, 0.1) is 6.92 Å². The molecule has 0 radical (unpaired) electrons. The monoisotopic (exact) mass is 291 g/mol. The molecule has 0 N–H and O–H groups in total. The van der Waals surface area contributed by atoms with E-state index in [1.807, 2.05) is 32.0 Å². The highest BCUT2D eigenvalue weighted by molar-refractivity contribution is 7.90. The zero-order valence-corrected chi connectivity index (χ0v) is 13.2. The van der Waals surface area contributed by atoms with Gasteiger partial charge in [0.25, 0.3) is 10.0 Å². The Hall–Kier alpha value is -1.55. The van der Waals surface area contributed by atoms with E-state index in [1.54, 1.807) is 18.3 Å². The minimum absolute atomic E-state index is 0.319. The number of hydrogen-bond donors (Lipinski definition) is 0. The fraction of sp³-hybridized carbons (Fsp3) is 0.375. The van der Waals surface area contributed by atoms with Gasteiger partial charge in [0.1, 0.15) is 0 Å². The van der Waals surface area contributed by atoms with Gasteiger partial charge in [-0.3, -0.25) is 0 Å². The largest absolute Gasteiger partial charge is 0.267 e. The molecule has 0 saturated carbocycles. The molecular formula is C16H21NO2S. The molecule has 4 heteroatoms. The number of hydrogen-bond acceptors (Lipinski definition) is 2. The highest BCUT2D eigenvalue weighted by Gasteiger charge is 2.21. The van der Waals surface area contributed by atoms with E-state index in [2.05, 4.69) is 13.8 Å². The predicted octanol–water partition coefficient (Wildman–Crippen LogP) is 3.72. The van der Waals surface area contributed by atoms with Crippen molar-refractivity contribution in [2.75, 3.05) is 0 Å². The molecular weight excluding hydrogens is 270 g/mol. The van der Waals surface area contributed by atoms with Gasteiger partial charge in [-0.05, 0) is 43.0 Å². The SMILES string of the molecule is CCc1c(C(C)C)ccn1S(=O)(=O)c1ccc(C)cc1. The Bertz CT molecular complexity index is 695. The number of nitrogens with zero attached hydrogens (tertiary/aromatic N) is 1. The van der Waals surface area contributed by atoms with Crippen molar-refractivity contribution in [1.29, 1.82) is 0 Å². The minimum Gasteiger partial charge on any atom is -0.246 e. The quantitative estimate of drug-likeness (QED) is 0.861. The first-order valence-corrected chi connectivity index (χ1v) is 8.34. The zero-order chi connectivity index (χ0) is 14.9. The Morgan fingerprint density at radius 3 is 2.20 bits per heavy atom. The molecule has 0 aliphatic carbocycles. The first kappa shape index (κ1) is 14.9. The average Bonchev–Trinajstić information content (AvgIpc) is 2.83. The molecule has 2 rings (SSSR count). The summed E-state index contributed by atoms with van der Waals surface area (Å²) in [5, 5.41) is 0. The molecule has 0 spiro atoms. The predicted molar refractivity (Wildman–Crippen MR) is 81.7 cm³/mol. The fourth-order valence-electron chi connectivity index (χ4n) is 2.40. The van der Waals surface area contributed by atoms with Crippen LogP contribution in [0.2, 0.25) is 0 Å². The van der Waals surface area contributed by atoms with Crippen molar-refractivity contribution in [3.05, 3.63) is 53.3 Å². The van der Waals surface area contributed by atoms with E-state index >= 15 is 0 Å². The van der Waals surface area contributed by atoms with E-state index in [-0.39, 0.29) is 0 Å². The van der Waals surface area contributed by atoms with Crippen molar-refractivity contribution < 1.29 is 8.42 Å². The summed E-state index contributed by atoms with van der Waals surface area (Å²) >= 11 is 0. The van der Waals surface area contributed by atoms with E-state index in [0.29, 0.717) is 17.2 Å². The van der Waals surface area contributed by atoms with Gasteiger partial charge in [-0.1, -0.05) is 38.5 Å². The Labute approximate surface area is 121 Å². The van der Waals surface area contributed by atoms with Crippen LogP contribution in [0.4, 0.5) is 0 Å². The molecule has 2 aromatic rings. The molecule has 0 fully saturated rings. The summed E-state index contributed by atoms with van der Waals surface area (Å²) in [6.45, 7) is 8.09. The van der Waals surface area contributed by atoms with Crippen molar-refractivity contribution in [2.45, 2.75) is 44.9 Å². The zero-order valence-electron chi connectivity index (χ0n) is 12.4. The molecule has 108 valence electrons. The molecule has 0 saturated heterocycles. The molecule has 1 heterocycles. The number of rotatable bonds is 4. The van der Waals surface area contributed by atoms with Gasteiger partial charge in [0.2, 0.25) is 0 Å². The second-order valence-electron chi connectivity index (χ2n) is 5.34. The summed E-state index contributed by atoms with van der Waals surface area (Å²) in [7, 11) is -3.49. The van der Waals surface area contributed by atoms with Crippen LogP contribution in [-0.4, -0.2) is 12.4 Å². The third-order valence-corrected chi connectivity index (χ3v) is 5.25. The molecule has 3 nitrogen and oxygen atoms in total. The topological polar surface area (TPSA) is 39.1 Å². The fourth-order valence-corrected chi connectivity index (χ4v) is 3.85. The highest BCUT2D eigenvalue weighted by Crippen LogP contribution is 2.25. The van der Waals surface area contributed by atoms with Crippen molar-refractivity contribution >= 4 is 10.0 Å². The molecule has 1 aromatic heterocycles. The van der Waals surface area contributed by atoms with Gasteiger partial charge in [0, 0.05) is 11.9 Å². The Morgan fingerprint density at radius 2 is 1.70 bits per heavy atom. The van der Waals surface area contributed by atoms with Crippen LogP contribution in [0.5, 0.6) is 0 Å². The number of aromatic nitrogens is 1. The van der Waals surface area contributed by atoms with Gasteiger partial charge in [-0.25, -0.2) is 12.4 Å². The lowest BCUT2D eigenvalue weighted by atomic mass is 10.0. The smallest absolute Gasteiger partial charge is 0.246 e. The summed E-state index contributed by atoms with van der Waals surface area (Å²) in [6, 6.07) is 8.89. The number of benzene rings is 1. The summed E-state index contributed by atoms with van der Waals surface area (Å²) in [6.07, 6.45) is 2.37. The lowest BCUT2D eigenvalue weighted by Gasteiger charge is -2.12. The van der Waals surface area contributed by atoms with E-state index in [1.165, 1.54) is 3.97 Å². The lowest BCUT2D eigenvalue weighted by molar-refractivity contribution is 0.585. The van der Waals surface area contributed by atoms with Crippen LogP contribution in [0.3, 0.4) is 0 Å². The number of aryl methyl sites for hydroxylation is 1. The Morgan fingerprint density at radius 1 is 1.10 bits per heavy atom. The van der Waals surface area contributed by atoms with Gasteiger partial charge in [-0.15, -0.1) is 0 Å². The third-order valence-electron chi connectivity index (χ3n) is 3.52. The van der Waals surface area contributed by atoms with Crippen LogP contribution in [0.25, 0.3) is 0 Å². The first-order chi connectivity index (χ1) is 9.37. The van der Waals surface area contributed by atoms with Crippen LogP contribution >= 0.6 is 0 Å². The molecule has 1 aromatic carbocycles. The summed E-state index contributed by atoms with van der Waals surface area (Å²) in [4.78, 5) is 0.337. The second kappa shape index (κ2) is 5.44. The van der Waals surface area contributed by atoms with Gasteiger partial charge in [0.05, 0.1) is 4.90 Å². The van der Waals surface area contributed by atoms with Crippen molar-refractivity contribution in [2.24, 2.45) is 0 Å². The van der Waals surface area contributed by atoms with Gasteiger partial charge in [-0.2, -0.15) is 0 Å². The lowest BCUT2D eigenvalue weighted by Crippen LogP contribution is -2.15. The van der Waals surface area contributed by atoms with Crippen LogP contribution in [0.1, 0.15) is 43.5 Å². The maximum atomic E-state index is 12.7. The summed E-state index contributed by atoms with van der Waals surface area (Å²) in [5.41, 5.74) is 3.03. The minimum atomic E-state index is -3.49. The first-order valence-electron chi connectivity index (χ1n) is 6.90. The van der Waals surface area contributed by atoms with Gasteiger partial charge in [0.15, 0.2) is 0 Å². The Balaban J connectivity index is 2.58. The standard InChI is InChI=1S/C16H21NO2S/c1-5-16-15(12(2)3)10-11-17(16)20(18,19)14-8-6-13(4)7-9-14/h6-12H,5H2,1-4H3. The highest BCUT2D eigenvalue weighted by atomic mass is 32.2. The van der Waals surface area contributed by atoms with Gasteiger partial charge >= 0.3 is 0 Å². The van der Waals surface area contributed by atoms with Crippen molar-refractivity contribution in [1.82, 2.24) is 3.97 Å². The Kier molecular flexibility index (Phi) is 4.04. The molecule has 20 heavy (non-hydrogen) atoms. The van der Waals surface area contributed by atoms with Crippen molar-refractivity contribution in [3.63, 3.8) is 0 Å². The summed E-state index contributed by atoms with van der Waals surface area (Å²) in [5.74, 6) is 0.319. The molecule has 0 aliphatic heterocycles. The molecule has 0 unspecified atom stereocenters. The van der Waals surface area contributed by atoms with E-state index in [0.717, 1.165) is 16.8 Å². The summed E-state index contributed by atoms with van der Waals surface area (Å²) < 4.78 is 26.9. The molecule has 0 aliphatic rings. The maximum absolute atomic E-state index is 12.7. The second-order valence-corrected chi connectivity index (χ2v) is 7.15. The van der Waals surface area contributed by atoms with Crippen LogP contribution in [0.15, 0.2) is 41.4 Å². The normalized spacial score (nSPS) is 12.1. The van der Waals surface area contributed by atoms with E-state index in [4.69, 9.17) is 0 Å². The van der Waals surface area contributed by atoms with Gasteiger partial charge < -0.3 is 0 Å². The average molecular weight is 291 g/mol. The molecule has 0 atom stereocenters.